The molecule has 12 spiro atoms. The van der Waals surface area contributed by atoms with Crippen LogP contribution in [-0.2, 0) is 0 Å². The maximum Gasteiger partial charge on any atom is -0.00937 e. The highest BCUT2D eigenvalue weighted by molar-refractivity contribution is 5.73. The van der Waals surface area contributed by atoms with Crippen LogP contribution in [0, 0.1) is 278 Å². The molecule has 31 rings (SSSR count). The Morgan fingerprint density at radius 2 is 0.550 bits per heavy atom. The van der Waals surface area contributed by atoms with Gasteiger partial charge < -0.3 is 0 Å². The van der Waals surface area contributed by atoms with Gasteiger partial charge in [0.25, 0.3) is 0 Å². The lowest BCUT2D eigenvalue weighted by molar-refractivity contribution is -0.818. The fraction of sp³-hybridized carbons (Fsp3) is 1.00. The van der Waals surface area contributed by atoms with E-state index in [-0.39, 0.29) is 0 Å². The Morgan fingerprint density at radius 3 is 0.967 bits per heavy atom. The molecular weight excluding hydrogens is 721 g/mol. The summed E-state index contributed by atoms with van der Waals surface area (Å²) < 4.78 is 0. The second kappa shape index (κ2) is 5.38. The normalized spacial score (nSPS) is 108. The molecule has 48 unspecified atom stereocenters. The average Bonchev–Trinajstić information content (AvgIpc) is 3.11. The standard InChI is InChI=1S/C60H60/c1-2-16(32-22-12-28-40-38-24-6-14-8-26-42-48-44(32)52(22,28)58(40,48)56(38,42)50(14,24)26)18-4-3-17(33-35-29-9-19-20-10-30-36-34(18)46-45(33)59(35)53(19,29)54(20,30)60(36,46)59)15(1)31-21-11-27-39-37-23-5-13-7-25-41-47-43(31)51(21,27)57(39,47)55(37,41)49(13,23)25/h13-48H,1-12H2. The van der Waals surface area contributed by atoms with Crippen LogP contribution >= 0.6 is 0 Å². The van der Waals surface area contributed by atoms with Gasteiger partial charge in [-0.2, -0.15) is 0 Å². The second-order valence-electron chi connectivity index (χ2n) is 34.7. The molecule has 0 aliphatic heterocycles. The van der Waals surface area contributed by atoms with E-state index in [1.807, 2.05) is 38.5 Å². The Labute approximate surface area is 353 Å². The number of hydrogen-bond donors (Lipinski definition) is 0. The van der Waals surface area contributed by atoms with Crippen LogP contribution in [0.2, 0.25) is 0 Å². The smallest absolute Gasteiger partial charge is 0.00937 e. The van der Waals surface area contributed by atoms with Crippen LogP contribution in [0.25, 0.3) is 0 Å². The van der Waals surface area contributed by atoms with Crippen molar-refractivity contribution < 1.29 is 0 Å². The molecule has 31 aliphatic carbocycles. The molecule has 0 aromatic heterocycles. The van der Waals surface area contributed by atoms with E-state index >= 15 is 0 Å². The van der Waals surface area contributed by atoms with Gasteiger partial charge >= 0.3 is 0 Å². The summed E-state index contributed by atoms with van der Waals surface area (Å²) in [6, 6.07) is 0. The highest BCUT2D eigenvalue weighted by Crippen LogP contribution is 3.30. The number of hydrogen-bond acceptors (Lipinski definition) is 0. The topological polar surface area (TPSA) is 0 Å². The van der Waals surface area contributed by atoms with Crippen LogP contribution in [-0.4, -0.2) is 0 Å². The van der Waals surface area contributed by atoms with Crippen LogP contribution < -0.4 is 0 Å². The first kappa shape index (κ1) is 25.8. The molecule has 0 heteroatoms. The summed E-state index contributed by atoms with van der Waals surface area (Å²) in [5.74, 6) is 47.0. The second-order valence-corrected chi connectivity index (χ2v) is 34.7. The van der Waals surface area contributed by atoms with Crippen molar-refractivity contribution in [2.75, 3.05) is 0 Å². The zero-order chi connectivity index (χ0) is 35.3. The van der Waals surface area contributed by atoms with Crippen molar-refractivity contribution in [2.45, 2.75) is 77.0 Å². The lowest BCUT2D eigenvalue weighted by Gasteiger charge is -3.27. The molecule has 0 saturated heterocycles. The van der Waals surface area contributed by atoms with Crippen molar-refractivity contribution in [2.24, 2.45) is 278 Å². The summed E-state index contributed by atoms with van der Waals surface area (Å²) in [5.41, 5.74) is 12.6. The van der Waals surface area contributed by atoms with Gasteiger partial charge in [0.2, 0.25) is 0 Å². The minimum atomic E-state index is 1.03. The molecule has 31 saturated carbocycles. The van der Waals surface area contributed by atoms with Gasteiger partial charge in [-0.3, -0.25) is 0 Å². The van der Waals surface area contributed by atoms with E-state index in [0.29, 0.717) is 0 Å². The average molecular weight is 781 g/mol. The van der Waals surface area contributed by atoms with Crippen molar-refractivity contribution in [3.8, 4) is 0 Å². The van der Waals surface area contributed by atoms with Gasteiger partial charge in [-0.15, -0.1) is 0 Å². The summed E-state index contributed by atoms with van der Waals surface area (Å²) in [6.07, 6.45) is 21.5. The molecule has 0 aromatic carbocycles. The molecule has 60 heavy (non-hydrogen) atoms. The minimum Gasteiger partial charge on any atom is -0.0496 e. The first-order valence-electron chi connectivity index (χ1n) is 29.7. The SMILES string of the molecule is C1CC(C2C3CC4C5C6C7CC8CC9C%10C%11C2C34C5%11C6%10C879)C2CCC(C1C1C3CC4C5C6C7CC8CC9C%10C%11C1C34C5%11C6%10C879)C1C3C4CC5C6CC7C8C2C2C1C31C54C67C821. The first-order chi connectivity index (χ1) is 29.7. The maximum atomic E-state index is 1.82. The summed E-state index contributed by atoms with van der Waals surface area (Å²) in [6.45, 7) is 0. The quantitative estimate of drug-likeness (QED) is 0.263. The molecule has 0 aromatic rings. The molecule has 48 atom stereocenters. The Bertz CT molecular complexity index is 2720. The molecule has 0 radical (unpaired) electrons. The van der Waals surface area contributed by atoms with E-state index in [1.165, 1.54) is 213 Å². The number of rotatable bonds is 2. The Hall–Kier alpha value is 0. The van der Waals surface area contributed by atoms with Gasteiger partial charge in [0, 0.05) is 0 Å². The fourth-order valence-corrected chi connectivity index (χ4v) is 47.0. The Balaban J connectivity index is 0.597. The Kier molecular flexibility index (Phi) is 2.31. The Morgan fingerprint density at radius 1 is 0.200 bits per heavy atom. The van der Waals surface area contributed by atoms with Crippen molar-refractivity contribution in [1.82, 2.24) is 0 Å². The van der Waals surface area contributed by atoms with Crippen LogP contribution in [0.15, 0.2) is 0 Å². The molecule has 300 valence electrons. The lowest BCUT2D eigenvalue weighted by Crippen LogP contribution is -3.25. The van der Waals surface area contributed by atoms with E-state index < -0.39 is 0 Å². The van der Waals surface area contributed by atoms with E-state index in [2.05, 4.69) is 0 Å². The van der Waals surface area contributed by atoms with E-state index in [9.17, 15) is 0 Å². The molecule has 31 aliphatic rings. The first-order valence-corrected chi connectivity index (χ1v) is 29.7. The van der Waals surface area contributed by atoms with E-state index in [4.69, 9.17) is 0 Å². The monoisotopic (exact) mass is 780 g/mol. The third-order valence-corrected chi connectivity index (χ3v) is 42.0. The molecule has 0 amide bonds. The predicted molar refractivity (Wildman–Crippen MR) is 210 cm³/mol. The van der Waals surface area contributed by atoms with Gasteiger partial charge in [0.05, 0.1) is 0 Å². The van der Waals surface area contributed by atoms with Crippen molar-refractivity contribution in [1.29, 1.82) is 0 Å². The van der Waals surface area contributed by atoms with Crippen LogP contribution in [0.1, 0.15) is 77.0 Å². The van der Waals surface area contributed by atoms with E-state index in [0.717, 1.165) is 65.0 Å². The molecule has 0 nitrogen and oxygen atoms in total. The highest BCUT2D eigenvalue weighted by Gasteiger charge is 3.27. The zero-order valence-corrected chi connectivity index (χ0v) is 35.3. The predicted octanol–water partition coefficient (Wildman–Crippen LogP) is 9.11. The van der Waals surface area contributed by atoms with Gasteiger partial charge in [-0.1, -0.05) is 0 Å². The molecule has 0 N–H and O–H groups in total. The molecule has 31 fully saturated rings. The number of fused-ring (bicyclic) bond motifs is 22. The molecular formula is C60H60. The summed E-state index contributed by atoms with van der Waals surface area (Å²) in [7, 11) is 0. The summed E-state index contributed by atoms with van der Waals surface area (Å²) >= 11 is 0. The zero-order valence-electron chi connectivity index (χ0n) is 35.3. The van der Waals surface area contributed by atoms with Gasteiger partial charge in [-0.05, 0) is 355 Å². The maximum absolute atomic E-state index is 1.82. The van der Waals surface area contributed by atoms with Crippen LogP contribution in [0.3, 0.4) is 0 Å². The fourth-order valence-electron chi connectivity index (χ4n) is 47.0. The summed E-state index contributed by atoms with van der Waals surface area (Å²) in [4.78, 5) is 0. The third-order valence-electron chi connectivity index (χ3n) is 42.0. The van der Waals surface area contributed by atoms with E-state index in [1.54, 1.807) is 38.5 Å². The molecule has 0 heterocycles. The minimum absolute atomic E-state index is 1.03. The largest absolute Gasteiger partial charge is 0.0496 e. The third kappa shape index (κ3) is 1.07. The van der Waals surface area contributed by atoms with Crippen LogP contribution in [0.5, 0.6) is 0 Å². The molecule has 2 bridgehead atoms. The highest BCUT2D eigenvalue weighted by atomic mass is 15.3. The summed E-state index contributed by atoms with van der Waals surface area (Å²) in [5, 5.41) is 0. The van der Waals surface area contributed by atoms with Gasteiger partial charge in [0.1, 0.15) is 0 Å². The van der Waals surface area contributed by atoms with Crippen LogP contribution in [0.4, 0.5) is 0 Å². The van der Waals surface area contributed by atoms with Crippen molar-refractivity contribution in [3.63, 3.8) is 0 Å². The van der Waals surface area contributed by atoms with Crippen molar-refractivity contribution in [3.05, 3.63) is 0 Å². The van der Waals surface area contributed by atoms with Gasteiger partial charge in [-0.25, -0.2) is 0 Å². The lowest BCUT2D eigenvalue weighted by atomic mass is 8.76. The van der Waals surface area contributed by atoms with Gasteiger partial charge in [0.15, 0.2) is 0 Å². The van der Waals surface area contributed by atoms with Crippen molar-refractivity contribution >= 4 is 0 Å².